The lowest BCUT2D eigenvalue weighted by atomic mass is 10.1. The number of hydrogen-bond acceptors (Lipinski definition) is 6. The van der Waals surface area contributed by atoms with Gasteiger partial charge in [-0.1, -0.05) is 37.8 Å². The number of nitrogens with zero attached hydrogens (tertiary/aromatic N) is 1. The highest BCUT2D eigenvalue weighted by atomic mass is 32.2. The number of thioether (sulfide) groups is 1. The van der Waals surface area contributed by atoms with Gasteiger partial charge in [-0.25, -0.2) is 0 Å². The molecule has 2 aromatic carbocycles. The molecule has 2 aromatic rings. The summed E-state index contributed by atoms with van der Waals surface area (Å²) in [6.07, 6.45) is 6.58. The Balaban J connectivity index is 1.65. The van der Waals surface area contributed by atoms with Gasteiger partial charge in [-0.2, -0.15) is 0 Å². The maximum absolute atomic E-state index is 12.6. The molecule has 0 atom stereocenters. The Hall–Kier alpha value is -3.07. The summed E-state index contributed by atoms with van der Waals surface area (Å²) in [5, 5.41) is 17.3. The molecule has 0 unspecified atom stereocenters. The van der Waals surface area contributed by atoms with Gasteiger partial charge in [0.2, 0.25) is 5.91 Å². The first-order valence-electron chi connectivity index (χ1n) is 10.6. The second-order valence-electron chi connectivity index (χ2n) is 7.64. The summed E-state index contributed by atoms with van der Waals surface area (Å²) < 4.78 is 5.21. The van der Waals surface area contributed by atoms with E-state index in [4.69, 9.17) is 4.74 Å². The van der Waals surface area contributed by atoms with E-state index in [0.717, 1.165) is 37.4 Å². The topological polar surface area (TPSA) is 111 Å². The monoisotopic (exact) mass is 457 g/mol. The molecule has 2 amide bonds. The Kier molecular flexibility index (Phi) is 8.49. The first-order valence-corrected chi connectivity index (χ1v) is 11.6. The zero-order chi connectivity index (χ0) is 22.9. The number of hydrogen-bond donors (Lipinski definition) is 2. The molecule has 8 nitrogen and oxygen atoms in total. The smallest absolute Gasteiger partial charge is 0.283 e. The summed E-state index contributed by atoms with van der Waals surface area (Å²) in [7, 11) is 1.49. The number of para-hydroxylation sites is 2. The predicted octanol–water partition coefficient (Wildman–Crippen LogP) is 4.79. The second-order valence-corrected chi connectivity index (χ2v) is 8.66. The van der Waals surface area contributed by atoms with E-state index in [1.807, 2.05) is 0 Å². The first kappa shape index (κ1) is 23.6. The number of amides is 2. The van der Waals surface area contributed by atoms with Crippen LogP contribution in [-0.2, 0) is 4.79 Å². The number of anilines is 1. The van der Waals surface area contributed by atoms with Gasteiger partial charge in [0.15, 0.2) is 0 Å². The molecule has 1 aliphatic carbocycles. The van der Waals surface area contributed by atoms with Crippen LogP contribution in [0.2, 0.25) is 0 Å². The number of nitrogens with one attached hydrogen (secondary N) is 2. The Labute approximate surface area is 191 Å². The predicted molar refractivity (Wildman–Crippen MR) is 124 cm³/mol. The molecule has 1 aliphatic rings. The number of nitro groups is 1. The number of benzene rings is 2. The number of carbonyl (C=O) groups is 2. The molecular formula is C23H27N3O5S. The third-order valence-corrected chi connectivity index (χ3v) is 6.41. The van der Waals surface area contributed by atoms with Crippen molar-refractivity contribution >= 4 is 35.0 Å². The minimum Gasteiger partial charge on any atom is -0.495 e. The number of carbonyl (C=O) groups excluding carboxylic acids is 2. The van der Waals surface area contributed by atoms with Crippen molar-refractivity contribution in [1.82, 2.24) is 5.32 Å². The van der Waals surface area contributed by atoms with E-state index in [1.54, 1.807) is 24.3 Å². The average Bonchev–Trinajstić information content (AvgIpc) is 3.06. The quantitative estimate of drug-likeness (QED) is 0.255. The number of methoxy groups -OCH3 is 1. The van der Waals surface area contributed by atoms with Crippen molar-refractivity contribution < 1.29 is 19.2 Å². The molecule has 3 rings (SSSR count). The molecule has 32 heavy (non-hydrogen) atoms. The minimum absolute atomic E-state index is 0.0874. The Bertz CT molecular complexity index is 974. The highest BCUT2D eigenvalue weighted by Crippen LogP contribution is 2.31. The molecule has 170 valence electrons. The van der Waals surface area contributed by atoms with Crippen LogP contribution in [-0.4, -0.2) is 35.6 Å². The molecule has 0 aliphatic heterocycles. The van der Waals surface area contributed by atoms with Gasteiger partial charge in [-0.15, -0.1) is 11.8 Å². The van der Waals surface area contributed by atoms with E-state index in [0.29, 0.717) is 16.3 Å². The lowest BCUT2D eigenvalue weighted by Crippen LogP contribution is -2.35. The van der Waals surface area contributed by atoms with Crippen molar-refractivity contribution in [3.8, 4) is 5.75 Å². The van der Waals surface area contributed by atoms with Crippen LogP contribution in [0.15, 0.2) is 47.4 Å². The molecule has 0 spiro atoms. The van der Waals surface area contributed by atoms with Crippen LogP contribution in [0.5, 0.6) is 5.75 Å². The second kappa shape index (κ2) is 11.5. The summed E-state index contributed by atoms with van der Waals surface area (Å²) in [5.41, 5.74) is 0.413. The maximum Gasteiger partial charge on any atom is 0.283 e. The van der Waals surface area contributed by atoms with Gasteiger partial charge < -0.3 is 15.4 Å². The number of rotatable bonds is 8. The molecule has 1 fully saturated rings. The van der Waals surface area contributed by atoms with Crippen LogP contribution in [0.1, 0.15) is 48.9 Å². The van der Waals surface area contributed by atoms with Gasteiger partial charge in [0, 0.05) is 17.7 Å². The van der Waals surface area contributed by atoms with Crippen LogP contribution in [0.4, 0.5) is 11.4 Å². The molecule has 1 saturated carbocycles. The van der Waals surface area contributed by atoms with E-state index in [9.17, 15) is 19.7 Å². The van der Waals surface area contributed by atoms with Crippen LogP contribution >= 0.6 is 11.8 Å². The van der Waals surface area contributed by atoms with Crippen LogP contribution in [0.25, 0.3) is 0 Å². The molecule has 2 N–H and O–H groups in total. The molecule has 0 radical (unpaired) electrons. The van der Waals surface area contributed by atoms with Crippen LogP contribution in [0.3, 0.4) is 0 Å². The van der Waals surface area contributed by atoms with Crippen LogP contribution in [0, 0.1) is 10.1 Å². The fraction of sp³-hybridized carbons (Fsp3) is 0.391. The van der Waals surface area contributed by atoms with Gasteiger partial charge in [0.1, 0.15) is 5.75 Å². The SMILES string of the molecule is COc1ccccc1NC(=O)c1ccc(SCC(=O)NC2CCCCCC2)c([N+](=O)[O-])c1. The highest BCUT2D eigenvalue weighted by molar-refractivity contribution is 8.00. The van der Waals surface area contributed by atoms with Crippen molar-refractivity contribution in [3.63, 3.8) is 0 Å². The molecule has 9 heteroatoms. The van der Waals surface area contributed by atoms with E-state index in [-0.39, 0.29) is 29.0 Å². The Morgan fingerprint density at radius 2 is 1.84 bits per heavy atom. The molecule has 0 aromatic heterocycles. The van der Waals surface area contributed by atoms with Crippen molar-refractivity contribution in [2.45, 2.75) is 49.5 Å². The van der Waals surface area contributed by atoms with Crippen molar-refractivity contribution in [2.75, 3.05) is 18.2 Å². The van der Waals surface area contributed by atoms with E-state index >= 15 is 0 Å². The number of ether oxygens (including phenoxy) is 1. The van der Waals surface area contributed by atoms with Gasteiger partial charge in [0.05, 0.1) is 28.4 Å². The van der Waals surface area contributed by atoms with Gasteiger partial charge in [0.25, 0.3) is 11.6 Å². The number of nitro benzene ring substituents is 1. The maximum atomic E-state index is 12.6. The molecule has 0 saturated heterocycles. The normalized spacial score (nSPS) is 14.3. The summed E-state index contributed by atoms with van der Waals surface area (Å²) in [4.78, 5) is 36.4. The largest absolute Gasteiger partial charge is 0.495 e. The van der Waals surface area contributed by atoms with Crippen LogP contribution < -0.4 is 15.4 Å². The summed E-state index contributed by atoms with van der Waals surface area (Å²) in [6, 6.07) is 11.4. The summed E-state index contributed by atoms with van der Waals surface area (Å²) >= 11 is 1.10. The van der Waals surface area contributed by atoms with Gasteiger partial charge >= 0.3 is 0 Å². The zero-order valence-electron chi connectivity index (χ0n) is 18.0. The van der Waals surface area contributed by atoms with Gasteiger partial charge in [-0.3, -0.25) is 19.7 Å². The Morgan fingerprint density at radius 1 is 1.12 bits per heavy atom. The lowest BCUT2D eigenvalue weighted by molar-refractivity contribution is -0.387. The fourth-order valence-electron chi connectivity index (χ4n) is 3.70. The third-order valence-electron chi connectivity index (χ3n) is 5.35. The van der Waals surface area contributed by atoms with Crippen molar-refractivity contribution in [3.05, 3.63) is 58.1 Å². The highest BCUT2D eigenvalue weighted by Gasteiger charge is 2.21. The average molecular weight is 458 g/mol. The molecule has 0 bridgehead atoms. The third kappa shape index (κ3) is 6.46. The minimum atomic E-state index is -0.536. The van der Waals surface area contributed by atoms with E-state index in [2.05, 4.69) is 10.6 Å². The van der Waals surface area contributed by atoms with Gasteiger partial charge in [-0.05, 0) is 37.1 Å². The van der Waals surface area contributed by atoms with Crippen molar-refractivity contribution in [2.24, 2.45) is 0 Å². The Morgan fingerprint density at radius 3 is 2.53 bits per heavy atom. The zero-order valence-corrected chi connectivity index (χ0v) is 18.8. The fourth-order valence-corrected chi connectivity index (χ4v) is 4.52. The summed E-state index contributed by atoms with van der Waals surface area (Å²) in [5.74, 6) is -0.0407. The first-order chi connectivity index (χ1) is 15.5. The van der Waals surface area contributed by atoms with E-state index < -0.39 is 10.8 Å². The molecule has 0 heterocycles. The van der Waals surface area contributed by atoms with E-state index in [1.165, 1.54) is 38.2 Å². The molecular weight excluding hydrogens is 430 g/mol. The standard InChI is InChI=1S/C23H27N3O5S/c1-31-20-11-7-6-10-18(20)25-23(28)16-12-13-21(19(14-16)26(29)30)32-15-22(27)24-17-8-4-2-3-5-9-17/h6-7,10-14,17H,2-5,8-9,15H2,1H3,(H,24,27)(H,25,28). The van der Waals surface area contributed by atoms with Crippen molar-refractivity contribution in [1.29, 1.82) is 0 Å². The lowest BCUT2D eigenvalue weighted by Gasteiger charge is -2.16. The summed E-state index contributed by atoms with van der Waals surface area (Å²) in [6.45, 7) is 0.